The number of aliphatic hydroxyl groups is 1. The molecule has 3 nitrogen and oxygen atoms in total. The van der Waals surface area contributed by atoms with E-state index < -0.39 is 0 Å². The van der Waals surface area contributed by atoms with E-state index in [2.05, 4.69) is 18.7 Å². The molecule has 1 aromatic carbocycles. The first-order valence-corrected chi connectivity index (χ1v) is 6.97. The van der Waals surface area contributed by atoms with E-state index in [0.717, 1.165) is 24.0 Å². The number of nitrogens with two attached hydrogens (primary N) is 1. The third-order valence-corrected chi connectivity index (χ3v) is 3.48. The Bertz CT molecular complexity index is 380. The molecule has 0 aliphatic rings. The zero-order valence-corrected chi connectivity index (χ0v) is 11.9. The monoisotopic (exact) mass is 268 g/mol. The van der Waals surface area contributed by atoms with Crippen LogP contribution >= 0.6 is 0 Å². The van der Waals surface area contributed by atoms with Crippen LogP contribution in [0.5, 0.6) is 0 Å². The molecule has 0 bridgehead atoms. The van der Waals surface area contributed by atoms with Gasteiger partial charge in [-0.3, -0.25) is 4.90 Å². The minimum absolute atomic E-state index is 0.121. The van der Waals surface area contributed by atoms with Crippen molar-refractivity contribution in [2.75, 3.05) is 13.2 Å². The van der Waals surface area contributed by atoms with Crippen LogP contribution < -0.4 is 5.73 Å². The number of halogens is 1. The first kappa shape index (κ1) is 16.1. The van der Waals surface area contributed by atoms with Gasteiger partial charge in [-0.25, -0.2) is 4.39 Å². The van der Waals surface area contributed by atoms with Crippen LogP contribution in [0.15, 0.2) is 18.2 Å². The largest absolute Gasteiger partial charge is 0.395 e. The van der Waals surface area contributed by atoms with Gasteiger partial charge in [-0.2, -0.15) is 0 Å². The molecule has 4 heteroatoms. The van der Waals surface area contributed by atoms with E-state index in [1.54, 1.807) is 6.07 Å². The van der Waals surface area contributed by atoms with E-state index in [-0.39, 0.29) is 12.4 Å². The molecular weight excluding hydrogens is 243 g/mol. The number of hydrogen-bond donors (Lipinski definition) is 2. The fraction of sp³-hybridized carbons (Fsp3) is 0.600. The van der Waals surface area contributed by atoms with E-state index in [1.165, 1.54) is 6.07 Å². The van der Waals surface area contributed by atoms with Crippen LogP contribution in [0, 0.1) is 5.82 Å². The average Bonchev–Trinajstić information content (AvgIpc) is 2.39. The minimum atomic E-state index is -0.244. The molecule has 0 unspecified atom stereocenters. The molecule has 108 valence electrons. The Morgan fingerprint density at radius 1 is 1.21 bits per heavy atom. The quantitative estimate of drug-likeness (QED) is 0.760. The molecule has 0 amide bonds. The fourth-order valence-corrected chi connectivity index (χ4v) is 2.49. The highest BCUT2D eigenvalue weighted by molar-refractivity contribution is 5.24. The maximum absolute atomic E-state index is 13.5. The standard InChI is InChI=1S/C15H25FN2O/c1-3-15(4-2)18(5-6-19)11-13-7-12(10-17)8-14(16)9-13/h7-9,15,19H,3-6,10-11,17H2,1-2H3. The van der Waals surface area contributed by atoms with Crippen LogP contribution in [0.2, 0.25) is 0 Å². The molecule has 0 atom stereocenters. The number of benzene rings is 1. The number of aliphatic hydroxyl groups excluding tert-OH is 1. The Hall–Kier alpha value is -0.970. The lowest BCUT2D eigenvalue weighted by molar-refractivity contribution is 0.136. The summed E-state index contributed by atoms with van der Waals surface area (Å²) in [7, 11) is 0. The third kappa shape index (κ3) is 4.90. The Morgan fingerprint density at radius 2 is 1.84 bits per heavy atom. The second kappa shape index (κ2) is 8.25. The maximum atomic E-state index is 13.5. The van der Waals surface area contributed by atoms with Gasteiger partial charge in [-0.15, -0.1) is 0 Å². The van der Waals surface area contributed by atoms with E-state index >= 15 is 0 Å². The van der Waals surface area contributed by atoms with Crippen molar-refractivity contribution in [3.8, 4) is 0 Å². The van der Waals surface area contributed by atoms with Gasteiger partial charge < -0.3 is 10.8 Å². The van der Waals surface area contributed by atoms with Gasteiger partial charge in [-0.1, -0.05) is 19.9 Å². The van der Waals surface area contributed by atoms with Crippen molar-refractivity contribution >= 4 is 0 Å². The topological polar surface area (TPSA) is 49.5 Å². The second-order valence-electron chi connectivity index (χ2n) is 4.84. The highest BCUT2D eigenvalue weighted by Crippen LogP contribution is 2.16. The van der Waals surface area contributed by atoms with E-state index in [0.29, 0.717) is 25.7 Å². The molecule has 19 heavy (non-hydrogen) atoms. The van der Waals surface area contributed by atoms with Crippen molar-refractivity contribution in [1.29, 1.82) is 0 Å². The first-order valence-electron chi connectivity index (χ1n) is 6.97. The molecule has 0 radical (unpaired) electrons. The van der Waals surface area contributed by atoms with Gasteiger partial charge in [-0.05, 0) is 36.1 Å². The van der Waals surface area contributed by atoms with Crippen molar-refractivity contribution < 1.29 is 9.50 Å². The number of nitrogens with zero attached hydrogens (tertiary/aromatic N) is 1. The molecule has 0 aliphatic carbocycles. The molecule has 0 saturated heterocycles. The highest BCUT2D eigenvalue weighted by Gasteiger charge is 2.15. The third-order valence-electron chi connectivity index (χ3n) is 3.48. The van der Waals surface area contributed by atoms with Crippen LogP contribution in [0.3, 0.4) is 0 Å². The summed E-state index contributed by atoms with van der Waals surface area (Å²) in [6.07, 6.45) is 2.05. The molecule has 0 fully saturated rings. The molecule has 0 spiro atoms. The van der Waals surface area contributed by atoms with E-state index in [9.17, 15) is 9.50 Å². The molecule has 0 aromatic heterocycles. The molecule has 1 aromatic rings. The predicted octanol–water partition coefficient (Wildman–Crippen LogP) is 2.27. The lowest BCUT2D eigenvalue weighted by Crippen LogP contribution is -2.36. The Balaban J connectivity index is 2.86. The SMILES string of the molecule is CCC(CC)N(CCO)Cc1cc(F)cc(CN)c1. The van der Waals surface area contributed by atoms with Gasteiger partial charge in [0, 0.05) is 25.7 Å². The zero-order valence-electron chi connectivity index (χ0n) is 11.9. The normalized spacial score (nSPS) is 11.5. The van der Waals surface area contributed by atoms with Crippen LogP contribution in [-0.2, 0) is 13.1 Å². The molecule has 0 aliphatic heterocycles. The smallest absolute Gasteiger partial charge is 0.123 e. The fourth-order valence-electron chi connectivity index (χ4n) is 2.49. The summed E-state index contributed by atoms with van der Waals surface area (Å²) in [6.45, 7) is 5.99. The van der Waals surface area contributed by atoms with Gasteiger partial charge in [0.2, 0.25) is 0 Å². The molecular formula is C15H25FN2O. The Labute approximate surface area is 115 Å². The highest BCUT2D eigenvalue weighted by atomic mass is 19.1. The minimum Gasteiger partial charge on any atom is -0.395 e. The van der Waals surface area contributed by atoms with E-state index in [4.69, 9.17) is 5.73 Å². The van der Waals surface area contributed by atoms with Crippen molar-refractivity contribution in [3.05, 3.63) is 35.1 Å². The molecule has 1 rings (SSSR count). The summed E-state index contributed by atoms with van der Waals surface area (Å²) in [5.41, 5.74) is 7.30. The van der Waals surface area contributed by atoms with Gasteiger partial charge in [0.25, 0.3) is 0 Å². The van der Waals surface area contributed by atoms with Crippen LogP contribution in [0.4, 0.5) is 4.39 Å². The van der Waals surface area contributed by atoms with E-state index in [1.807, 2.05) is 6.07 Å². The van der Waals surface area contributed by atoms with Crippen molar-refractivity contribution in [1.82, 2.24) is 4.90 Å². The number of hydrogen-bond acceptors (Lipinski definition) is 3. The summed E-state index contributed by atoms with van der Waals surface area (Å²) in [5, 5.41) is 9.17. The summed E-state index contributed by atoms with van der Waals surface area (Å²) >= 11 is 0. The maximum Gasteiger partial charge on any atom is 0.123 e. The molecule has 0 saturated carbocycles. The van der Waals surface area contributed by atoms with Gasteiger partial charge in [0.05, 0.1) is 6.61 Å². The summed E-state index contributed by atoms with van der Waals surface area (Å²) in [4.78, 5) is 2.20. The van der Waals surface area contributed by atoms with Crippen molar-refractivity contribution in [2.45, 2.75) is 45.8 Å². The van der Waals surface area contributed by atoms with Gasteiger partial charge in [0.15, 0.2) is 0 Å². The zero-order chi connectivity index (χ0) is 14.3. The van der Waals surface area contributed by atoms with Crippen LogP contribution in [0.25, 0.3) is 0 Å². The lowest BCUT2D eigenvalue weighted by atomic mass is 10.1. The lowest BCUT2D eigenvalue weighted by Gasteiger charge is -2.30. The summed E-state index contributed by atoms with van der Waals surface area (Å²) in [5.74, 6) is -0.244. The van der Waals surface area contributed by atoms with Crippen LogP contribution in [-0.4, -0.2) is 29.2 Å². The van der Waals surface area contributed by atoms with Gasteiger partial charge in [0.1, 0.15) is 5.82 Å². The average molecular weight is 268 g/mol. The summed E-state index contributed by atoms with van der Waals surface area (Å²) < 4.78 is 13.5. The van der Waals surface area contributed by atoms with Crippen molar-refractivity contribution in [2.24, 2.45) is 5.73 Å². The summed E-state index contributed by atoms with van der Waals surface area (Å²) in [6, 6.07) is 5.37. The Kier molecular flexibility index (Phi) is 6.99. The molecule has 0 heterocycles. The van der Waals surface area contributed by atoms with Gasteiger partial charge >= 0.3 is 0 Å². The molecule has 3 N–H and O–H groups in total. The Morgan fingerprint density at radius 3 is 2.37 bits per heavy atom. The first-order chi connectivity index (χ1) is 9.14. The second-order valence-corrected chi connectivity index (χ2v) is 4.84. The van der Waals surface area contributed by atoms with Crippen LogP contribution in [0.1, 0.15) is 37.8 Å². The van der Waals surface area contributed by atoms with Crippen molar-refractivity contribution in [3.63, 3.8) is 0 Å². The number of rotatable bonds is 8. The predicted molar refractivity (Wildman–Crippen MR) is 76.2 cm³/mol.